The van der Waals surface area contributed by atoms with E-state index in [4.69, 9.17) is 9.47 Å². The predicted molar refractivity (Wildman–Crippen MR) is 140 cm³/mol. The van der Waals surface area contributed by atoms with Crippen molar-refractivity contribution >= 4 is 5.97 Å². The van der Waals surface area contributed by atoms with Crippen LogP contribution in [-0.4, -0.2) is 23.2 Å². The zero-order valence-corrected chi connectivity index (χ0v) is 21.9. The molecule has 0 amide bonds. The first-order valence-corrected chi connectivity index (χ1v) is 12.9. The fourth-order valence-electron chi connectivity index (χ4n) is 6.11. The standard InChI is InChI=1S/C31H34FNO4/c1-30(2,3)28(36-4)25-12-19(7-10-24(25)21-13-22(32)17-33-16-21)18-37-23-9-8-20-6-5-11-31(26(20)14-23)15-27(31)29(34)35/h7-10,12-14,16-17,27-28H,5-6,11,15,18H2,1-4H3,(H,34,35)/t27-,28?,31-/m1/s1. The number of aliphatic carboxylic acids is 1. The minimum atomic E-state index is -0.702. The molecule has 3 atom stereocenters. The maximum absolute atomic E-state index is 14.0. The van der Waals surface area contributed by atoms with Crippen LogP contribution in [0.5, 0.6) is 5.75 Å². The number of aromatic nitrogens is 1. The Morgan fingerprint density at radius 1 is 1.19 bits per heavy atom. The second-order valence-electron chi connectivity index (χ2n) is 11.5. The third-order valence-electron chi connectivity index (χ3n) is 7.90. The molecule has 2 aromatic carbocycles. The molecule has 1 unspecified atom stereocenters. The molecule has 5 nitrogen and oxygen atoms in total. The maximum atomic E-state index is 14.0. The van der Waals surface area contributed by atoms with Gasteiger partial charge in [-0.3, -0.25) is 9.78 Å². The highest BCUT2D eigenvalue weighted by atomic mass is 19.1. The number of nitrogens with zero attached hydrogens (tertiary/aromatic N) is 1. The van der Waals surface area contributed by atoms with E-state index in [1.165, 1.54) is 17.8 Å². The molecule has 3 aromatic rings. The van der Waals surface area contributed by atoms with Crippen LogP contribution in [0.4, 0.5) is 4.39 Å². The summed E-state index contributed by atoms with van der Waals surface area (Å²) in [7, 11) is 1.69. The van der Waals surface area contributed by atoms with Gasteiger partial charge in [0, 0.05) is 24.3 Å². The molecule has 1 heterocycles. The van der Waals surface area contributed by atoms with Gasteiger partial charge in [0.05, 0.1) is 18.2 Å². The SMILES string of the molecule is COC(c1cc(COc2ccc3c(c2)[C@@]2(CCC3)C[C@@H]2C(=O)O)ccc1-c1cncc(F)c1)C(C)(C)C. The first kappa shape index (κ1) is 25.4. The average Bonchev–Trinajstić information content (AvgIpc) is 3.58. The van der Waals surface area contributed by atoms with E-state index in [2.05, 4.69) is 44.0 Å². The molecule has 6 heteroatoms. The number of halogens is 1. The van der Waals surface area contributed by atoms with Crippen LogP contribution in [0, 0.1) is 17.2 Å². The fraction of sp³-hybridized carbons (Fsp3) is 0.419. The fourth-order valence-corrected chi connectivity index (χ4v) is 6.11. The van der Waals surface area contributed by atoms with E-state index in [1.54, 1.807) is 13.3 Å². The van der Waals surface area contributed by atoms with E-state index in [-0.39, 0.29) is 28.7 Å². The van der Waals surface area contributed by atoms with Crippen LogP contribution in [0.1, 0.15) is 68.4 Å². The molecule has 1 aromatic heterocycles. The number of carboxylic acid groups (broad SMARTS) is 1. The summed E-state index contributed by atoms with van der Waals surface area (Å²) >= 11 is 0. The minimum Gasteiger partial charge on any atom is -0.489 e. The minimum absolute atomic E-state index is 0.193. The van der Waals surface area contributed by atoms with Crippen LogP contribution in [-0.2, 0) is 28.0 Å². The van der Waals surface area contributed by atoms with Gasteiger partial charge in [0.15, 0.2) is 0 Å². The number of hydrogen-bond donors (Lipinski definition) is 1. The molecule has 194 valence electrons. The maximum Gasteiger partial charge on any atom is 0.307 e. The molecule has 5 rings (SSSR count). The Labute approximate surface area is 217 Å². The first-order chi connectivity index (χ1) is 17.6. The summed E-state index contributed by atoms with van der Waals surface area (Å²) in [5, 5.41) is 9.62. The molecule has 0 bridgehead atoms. The Balaban J connectivity index is 1.44. The van der Waals surface area contributed by atoms with Gasteiger partial charge in [-0.25, -0.2) is 4.39 Å². The van der Waals surface area contributed by atoms with Crippen molar-refractivity contribution in [3.05, 3.63) is 82.9 Å². The number of carboxylic acids is 1. The van der Waals surface area contributed by atoms with Crippen molar-refractivity contribution in [3.63, 3.8) is 0 Å². The summed E-state index contributed by atoms with van der Waals surface area (Å²) in [5.41, 5.74) is 5.46. The van der Waals surface area contributed by atoms with Crippen molar-refractivity contribution in [1.82, 2.24) is 4.98 Å². The lowest BCUT2D eigenvalue weighted by atomic mass is 9.78. The van der Waals surface area contributed by atoms with Crippen molar-refractivity contribution in [1.29, 1.82) is 0 Å². The molecule has 1 fully saturated rings. The number of fused-ring (bicyclic) bond motifs is 2. The Kier molecular flexibility index (Phi) is 6.57. The van der Waals surface area contributed by atoms with Crippen LogP contribution in [0.2, 0.25) is 0 Å². The number of rotatable bonds is 7. The molecule has 1 spiro atoms. The van der Waals surface area contributed by atoms with Gasteiger partial charge in [0.2, 0.25) is 0 Å². The number of ether oxygens (including phenoxy) is 2. The lowest BCUT2D eigenvalue weighted by molar-refractivity contribution is -0.139. The summed E-state index contributed by atoms with van der Waals surface area (Å²) < 4.78 is 26.2. The van der Waals surface area contributed by atoms with Gasteiger partial charge in [0.25, 0.3) is 0 Å². The van der Waals surface area contributed by atoms with Gasteiger partial charge in [-0.15, -0.1) is 0 Å². The van der Waals surface area contributed by atoms with Crippen molar-refractivity contribution in [3.8, 4) is 16.9 Å². The molecule has 1 N–H and O–H groups in total. The van der Waals surface area contributed by atoms with Crippen LogP contribution < -0.4 is 4.74 Å². The largest absolute Gasteiger partial charge is 0.489 e. The highest BCUT2D eigenvalue weighted by Gasteiger charge is 2.60. The van der Waals surface area contributed by atoms with Crippen LogP contribution in [0.3, 0.4) is 0 Å². The number of carbonyl (C=O) groups is 1. The summed E-state index contributed by atoms with van der Waals surface area (Å²) in [6, 6.07) is 13.7. The number of hydrogen-bond acceptors (Lipinski definition) is 4. The van der Waals surface area contributed by atoms with Crippen molar-refractivity contribution in [2.45, 2.75) is 64.6 Å². The highest BCUT2D eigenvalue weighted by molar-refractivity contribution is 5.78. The van der Waals surface area contributed by atoms with Gasteiger partial charge >= 0.3 is 5.97 Å². The molecule has 2 aliphatic carbocycles. The lowest BCUT2D eigenvalue weighted by Gasteiger charge is -2.31. The van der Waals surface area contributed by atoms with E-state index in [0.29, 0.717) is 18.6 Å². The summed E-state index contributed by atoms with van der Waals surface area (Å²) in [5.74, 6) is -0.633. The van der Waals surface area contributed by atoms with Crippen LogP contribution >= 0.6 is 0 Å². The molecular formula is C31H34FNO4. The highest BCUT2D eigenvalue weighted by Crippen LogP contribution is 2.60. The number of benzene rings is 2. The molecule has 0 saturated heterocycles. The van der Waals surface area contributed by atoms with E-state index in [0.717, 1.165) is 47.3 Å². The van der Waals surface area contributed by atoms with E-state index >= 15 is 0 Å². The van der Waals surface area contributed by atoms with Gasteiger partial charge in [-0.2, -0.15) is 0 Å². The van der Waals surface area contributed by atoms with E-state index in [9.17, 15) is 14.3 Å². The molecular weight excluding hydrogens is 469 g/mol. The first-order valence-electron chi connectivity index (χ1n) is 12.9. The normalized spacial score (nSPS) is 21.4. The van der Waals surface area contributed by atoms with E-state index in [1.807, 2.05) is 18.2 Å². The lowest BCUT2D eigenvalue weighted by Crippen LogP contribution is -2.21. The van der Waals surface area contributed by atoms with Crippen molar-refractivity contribution in [2.75, 3.05) is 7.11 Å². The monoisotopic (exact) mass is 503 g/mol. The number of pyridine rings is 1. The predicted octanol–water partition coefficient (Wildman–Crippen LogP) is 6.88. The summed E-state index contributed by atoms with van der Waals surface area (Å²) in [6.07, 6.45) is 6.28. The molecule has 2 aliphatic rings. The van der Waals surface area contributed by atoms with Gasteiger partial charge in [-0.1, -0.05) is 39.0 Å². The van der Waals surface area contributed by atoms with Crippen molar-refractivity contribution in [2.24, 2.45) is 11.3 Å². The smallest absolute Gasteiger partial charge is 0.307 e. The zero-order chi connectivity index (χ0) is 26.4. The second kappa shape index (κ2) is 9.56. The second-order valence-corrected chi connectivity index (χ2v) is 11.5. The molecule has 0 aliphatic heterocycles. The quantitative estimate of drug-likeness (QED) is 0.381. The van der Waals surface area contributed by atoms with Gasteiger partial charge < -0.3 is 14.6 Å². The Morgan fingerprint density at radius 2 is 2.00 bits per heavy atom. The third-order valence-corrected chi connectivity index (χ3v) is 7.90. The van der Waals surface area contributed by atoms with E-state index < -0.39 is 5.97 Å². The summed E-state index contributed by atoms with van der Waals surface area (Å²) in [6.45, 7) is 6.69. The van der Waals surface area contributed by atoms with Gasteiger partial charge in [0.1, 0.15) is 18.2 Å². The number of methoxy groups -OCH3 is 1. The Morgan fingerprint density at radius 3 is 2.68 bits per heavy atom. The van der Waals surface area contributed by atoms with Gasteiger partial charge in [-0.05, 0) is 83.2 Å². The van der Waals surface area contributed by atoms with Crippen LogP contribution in [0.25, 0.3) is 11.1 Å². The summed E-state index contributed by atoms with van der Waals surface area (Å²) in [4.78, 5) is 15.7. The van der Waals surface area contributed by atoms with Crippen molar-refractivity contribution < 1.29 is 23.8 Å². The topological polar surface area (TPSA) is 68.7 Å². The van der Waals surface area contributed by atoms with Crippen LogP contribution in [0.15, 0.2) is 54.9 Å². The zero-order valence-electron chi connectivity index (χ0n) is 21.9. The molecule has 37 heavy (non-hydrogen) atoms. The third kappa shape index (κ3) is 4.87. The molecule has 0 radical (unpaired) electrons. The molecule has 1 saturated carbocycles. The average molecular weight is 504 g/mol. The Hall–Kier alpha value is -3.25. The number of aryl methyl sites for hydroxylation is 1. The Bertz CT molecular complexity index is 1330.